The predicted molar refractivity (Wildman–Crippen MR) is 81.9 cm³/mol. The molecule has 1 N–H and O–H groups in total. The number of carbonyl (C=O) groups excluding carboxylic acids is 1. The van der Waals surface area contributed by atoms with E-state index in [9.17, 15) is 9.59 Å². The highest BCUT2D eigenvalue weighted by molar-refractivity contribution is 6.02. The molecule has 0 saturated carbocycles. The second-order valence-corrected chi connectivity index (χ2v) is 4.82. The fraction of sp³-hybridized carbons (Fsp3) is 0.188. The second kappa shape index (κ2) is 5.85. The number of rotatable bonds is 4. The van der Waals surface area contributed by atoms with Gasteiger partial charge in [-0.1, -0.05) is 30.3 Å². The Hall–Kier alpha value is -2.89. The van der Waals surface area contributed by atoms with Crippen LogP contribution in [0.15, 0.2) is 47.4 Å². The first-order valence-electron chi connectivity index (χ1n) is 6.99. The summed E-state index contributed by atoms with van der Waals surface area (Å²) >= 11 is 0. The average molecular weight is 297 g/mol. The fourth-order valence-electron chi connectivity index (χ4n) is 2.33. The number of hydrogen-bond acceptors (Lipinski definition) is 4. The lowest BCUT2D eigenvalue weighted by molar-refractivity contribution is 0.0528. The Kier molecular flexibility index (Phi) is 3.74. The number of fused-ring (bicyclic) bond motifs is 1. The summed E-state index contributed by atoms with van der Waals surface area (Å²) in [5.74, 6) is -0.516. The van der Waals surface area contributed by atoms with E-state index in [4.69, 9.17) is 4.74 Å². The molecule has 0 saturated heterocycles. The van der Waals surface area contributed by atoms with E-state index < -0.39 is 5.97 Å². The van der Waals surface area contributed by atoms with E-state index in [1.54, 1.807) is 17.8 Å². The Labute approximate surface area is 126 Å². The van der Waals surface area contributed by atoms with E-state index in [-0.39, 0.29) is 17.7 Å². The second-order valence-electron chi connectivity index (χ2n) is 4.82. The number of ether oxygens (including phenoxy) is 1. The summed E-state index contributed by atoms with van der Waals surface area (Å²) in [6, 6.07) is 11.0. The Morgan fingerprint density at radius 2 is 2.09 bits per heavy atom. The molecule has 0 atom stereocenters. The summed E-state index contributed by atoms with van der Waals surface area (Å²) in [6.07, 6.45) is 1.57. The van der Waals surface area contributed by atoms with Gasteiger partial charge in [-0.05, 0) is 12.5 Å². The number of hydrogen-bond donors (Lipinski definition) is 1. The smallest absolute Gasteiger partial charge is 0.339 e. The summed E-state index contributed by atoms with van der Waals surface area (Å²) in [6.45, 7) is 2.49. The van der Waals surface area contributed by atoms with Crippen LogP contribution in [-0.4, -0.2) is 27.3 Å². The van der Waals surface area contributed by atoms with Crippen LogP contribution in [0.1, 0.15) is 22.8 Å². The van der Waals surface area contributed by atoms with Gasteiger partial charge >= 0.3 is 5.97 Å². The van der Waals surface area contributed by atoms with Crippen molar-refractivity contribution >= 4 is 17.0 Å². The third-order valence-corrected chi connectivity index (χ3v) is 3.32. The predicted octanol–water partition coefficient (Wildman–Crippen LogP) is 1.95. The highest BCUT2D eigenvalue weighted by atomic mass is 16.5. The maximum atomic E-state index is 12.0. The molecule has 0 unspecified atom stereocenters. The first-order chi connectivity index (χ1) is 10.7. The zero-order chi connectivity index (χ0) is 15.5. The molecule has 0 fully saturated rings. The highest BCUT2D eigenvalue weighted by Crippen LogP contribution is 2.16. The standard InChI is InChI=1S/C16H15N3O3/c1-2-22-16(21)12-8-14(20)18-15-13(12)9-17-19(15)10-11-6-4-3-5-7-11/h3-9H,2,10H2,1H3,(H,18,20). The Morgan fingerprint density at radius 1 is 1.32 bits per heavy atom. The molecule has 0 bridgehead atoms. The van der Waals surface area contributed by atoms with Crippen LogP contribution in [0.25, 0.3) is 11.0 Å². The Balaban J connectivity index is 2.07. The topological polar surface area (TPSA) is 77.0 Å². The lowest BCUT2D eigenvalue weighted by Crippen LogP contribution is -2.14. The van der Waals surface area contributed by atoms with Crippen molar-refractivity contribution in [3.05, 3.63) is 64.1 Å². The van der Waals surface area contributed by atoms with Crippen LogP contribution in [0, 0.1) is 0 Å². The quantitative estimate of drug-likeness (QED) is 0.747. The van der Waals surface area contributed by atoms with Gasteiger partial charge in [0.25, 0.3) is 0 Å². The van der Waals surface area contributed by atoms with Gasteiger partial charge in [0.2, 0.25) is 5.56 Å². The number of aromatic amines is 1. The number of aromatic nitrogens is 3. The molecule has 2 aromatic heterocycles. The third-order valence-electron chi connectivity index (χ3n) is 3.32. The third kappa shape index (κ3) is 2.63. The highest BCUT2D eigenvalue weighted by Gasteiger charge is 2.16. The molecule has 6 nitrogen and oxygen atoms in total. The summed E-state index contributed by atoms with van der Waals surface area (Å²) in [7, 11) is 0. The number of nitrogens with zero attached hydrogens (tertiary/aromatic N) is 2. The van der Waals surface area contributed by atoms with Crippen LogP contribution in [0.4, 0.5) is 0 Å². The molecule has 0 aliphatic carbocycles. The number of nitrogens with one attached hydrogen (secondary N) is 1. The Morgan fingerprint density at radius 3 is 2.82 bits per heavy atom. The van der Waals surface area contributed by atoms with Crippen molar-refractivity contribution in [3.8, 4) is 0 Å². The molecule has 1 aromatic carbocycles. The molecule has 3 aromatic rings. The van der Waals surface area contributed by atoms with E-state index >= 15 is 0 Å². The minimum absolute atomic E-state index is 0.236. The maximum Gasteiger partial charge on any atom is 0.339 e. The molecule has 0 aliphatic rings. The fourth-order valence-corrected chi connectivity index (χ4v) is 2.33. The van der Waals surface area contributed by atoms with Crippen molar-refractivity contribution < 1.29 is 9.53 Å². The molecule has 0 aliphatic heterocycles. The van der Waals surface area contributed by atoms with Crippen molar-refractivity contribution in [2.45, 2.75) is 13.5 Å². The molecule has 6 heteroatoms. The minimum atomic E-state index is -0.516. The van der Waals surface area contributed by atoms with Gasteiger partial charge in [-0.3, -0.25) is 4.79 Å². The minimum Gasteiger partial charge on any atom is -0.462 e. The van der Waals surface area contributed by atoms with Crippen LogP contribution in [0.2, 0.25) is 0 Å². The summed E-state index contributed by atoms with van der Waals surface area (Å²) in [4.78, 5) is 26.5. The zero-order valence-electron chi connectivity index (χ0n) is 12.1. The lowest BCUT2D eigenvalue weighted by Gasteiger charge is -2.05. The molecule has 0 spiro atoms. The van der Waals surface area contributed by atoms with Gasteiger partial charge in [0.05, 0.1) is 30.3 Å². The normalized spacial score (nSPS) is 10.8. The van der Waals surface area contributed by atoms with Gasteiger partial charge in [-0.25, -0.2) is 9.48 Å². The average Bonchev–Trinajstić information content (AvgIpc) is 2.90. The first kappa shape index (κ1) is 14.1. The van der Waals surface area contributed by atoms with Crippen LogP contribution in [0.3, 0.4) is 0 Å². The SMILES string of the molecule is CCOC(=O)c1cc(=O)[nH]c2c1cnn2Cc1ccccc1. The lowest BCUT2D eigenvalue weighted by atomic mass is 10.2. The van der Waals surface area contributed by atoms with Gasteiger partial charge in [0.15, 0.2) is 0 Å². The van der Waals surface area contributed by atoms with E-state index in [0.717, 1.165) is 5.56 Å². The molecule has 22 heavy (non-hydrogen) atoms. The largest absolute Gasteiger partial charge is 0.462 e. The van der Waals surface area contributed by atoms with Gasteiger partial charge in [0.1, 0.15) is 5.65 Å². The van der Waals surface area contributed by atoms with Crippen molar-refractivity contribution in [1.29, 1.82) is 0 Å². The summed E-state index contributed by atoms with van der Waals surface area (Å²) in [5.41, 5.74) is 1.44. The number of H-pyrrole nitrogens is 1. The zero-order valence-corrected chi connectivity index (χ0v) is 12.1. The monoisotopic (exact) mass is 297 g/mol. The van der Waals surface area contributed by atoms with Crippen LogP contribution in [-0.2, 0) is 11.3 Å². The van der Waals surface area contributed by atoms with Gasteiger partial charge in [0, 0.05) is 6.07 Å². The van der Waals surface area contributed by atoms with Crippen LogP contribution in [0.5, 0.6) is 0 Å². The Bertz CT molecular complexity index is 865. The van der Waals surface area contributed by atoms with Gasteiger partial charge in [-0.2, -0.15) is 5.10 Å². The summed E-state index contributed by atoms with van der Waals surface area (Å²) < 4.78 is 6.65. The number of benzene rings is 1. The first-order valence-corrected chi connectivity index (χ1v) is 6.99. The number of pyridine rings is 1. The van der Waals surface area contributed by atoms with Gasteiger partial charge < -0.3 is 9.72 Å². The van der Waals surface area contributed by atoms with E-state index in [2.05, 4.69) is 10.1 Å². The molecule has 3 rings (SSSR count). The maximum absolute atomic E-state index is 12.0. The van der Waals surface area contributed by atoms with E-state index in [1.807, 2.05) is 30.3 Å². The molecule has 2 heterocycles. The van der Waals surface area contributed by atoms with E-state index in [0.29, 0.717) is 17.6 Å². The van der Waals surface area contributed by atoms with Crippen molar-refractivity contribution in [2.75, 3.05) is 6.61 Å². The number of carbonyl (C=O) groups is 1. The molecular formula is C16H15N3O3. The molecule has 112 valence electrons. The number of esters is 1. The summed E-state index contributed by atoms with van der Waals surface area (Å²) in [5, 5.41) is 4.85. The van der Waals surface area contributed by atoms with Crippen molar-refractivity contribution in [3.63, 3.8) is 0 Å². The molecule has 0 radical (unpaired) electrons. The van der Waals surface area contributed by atoms with Crippen molar-refractivity contribution in [1.82, 2.24) is 14.8 Å². The van der Waals surface area contributed by atoms with Crippen LogP contribution < -0.4 is 5.56 Å². The van der Waals surface area contributed by atoms with Crippen molar-refractivity contribution in [2.24, 2.45) is 0 Å². The molecular weight excluding hydrogens is 282 g/mol. The van der Waals surface area contributed by atoms with Gasteiger partial charge in [-0.15, -0.1) is 0 Å². The van der Waals surface area contributed by atoms with Crippen LogP contribution >= 0.6 is 0 Å². The van der Waals surface area contributed by atoms with E-state index in [1.165, 1.54) is 6.07 Å². The molecule has 0 amide bonds.